The Hall–Kier alpha value is -2.65. The summed E-state index contributed by atoms with van der Waals surface area (Å²) < 4.78 is 17.7. The summed E-state index contributed by atoms with van der Waals surface area (Å²) in [7, 11) is 0. The predicted octanol–water partition coefficient (Wildman–Crippen LogP) is 7.01. The van der Waals surface area contributed by atoms with Crippen molar-refractivity contribution in [1.82, 2.24) is 19.6 Å². The Kier molecular flexibility index (Phi) is 7.66. The van der Waals surface area contributed by atoms with Gasteiger partial charge >= 0.3 is 0 Å². The first-order chi connectivity index (χ1) is 16.6. The summed E-state index contributed by atoms with van der Waals surface area (Å²) in [5.41, 5.74) is 4.33. The van der Waals surface area contributed by atoms with Crippen LogP contribution in [0.1, 0.15) is 28.2 Å². The number of halogens is 4. The van der Waals surface area contributed by atoms with Crippen LogP contribution in [0.3, 0.4) is 0 Å². The van der Waals surface area contributed by atoms with E-state index in [-0.39, 0.29) is 12.4 Å². The summed E-state index contributed by atoms with van der Waals surface area (Å²) in [6, 6.07) is 11.9. The van der Waals surface area contributed by atoms with Crippen molar-refractivity contribution < 1.29 is 4.39 Å². The second kappa shape index (κ2) is 10.5. The number of aryl methyl sites for hydroxylation is 2. The van der Waals surface area contributed by atoms with Gasteiger partial charge in [-0.1, -0.05) is 46.9 Å². The first-order valence-corrected chi connectivity index (χ1v) is 12.2. The van der Waals surface area contributed by atoms with E-state index in [1.54, 1.807) is 39.7 Å². The van der Waals surface area contributed by atoms with Crippen molar-refractivity contribution in [3.8, 4) is 0 Å². The monoisotopic (exact) mass is 550 g/mol. The van der Waals surface area contributed by atoms with Crippen molar-refractivity contribution in [2.45, 2.75) is 33.9 Å². The van der Waals surface area contributed by atoms with Gasteiger partial charge in [0.25, 0.3) is 0 Å². The number of anilines is 2. The van der Waals surface area contributed by atoms with E-state index in [9.17, 15) is 4.39 Å². The molecule has 0 bridgehead atoms. The van der Waals surface area contributed by atoms with Gasteiger partial charge in [0.1, 0.15) is 5.82 Å². The van der Waals surface area contributed by atoms with Crippen LogP contribution < -0.4 is 10.6 Å². The number of rotatable bonds is 6. The van der Waals surface area contributed by atoms with Crippen LogP contribution in [0.25, 0.3) is 0 Å². The van der Waals surface area contributed by atoms with Gasteiger partial charge in [0.2, 0.25) is 0 Å². The average molecular weight is 552 g/mol. The summed E-state index contributed by atoms with van der Waals surface area (Å²) in [6.07, 6.45) is 0. The van der Waals surface area contributed by atoms with E-state index in [1.807, 2.05) is 26.8 Å². The molecule has 6 nitrogen and oxygen atoms in total. The molecule has 0 aliphatic heterocycles. The van der Waals surface area contributed by atoms with E-state index in [0.29, 0.717) is 43.8 Å². The number of hydrogen-bond acceptors (Lipinski definition) is 3. The highest BCUT2D eigenvalue weighted by Crippen LogP contribution is 2.27. The molecule has 11 heteroatoms. The molecular weight excluding hydrogens is 530 g/mol. The summed E-state index contributed by atoms with van der Waals surface area (Å²) in [5, 5.41) is 17.3. The van der Waals surface area contributed by atoms with E-state index >= 15 is 0 Å². The van der Waals surface area contributed by atoms with Crippen molar-refractivity contribution in [3.05, 3.63) is 91.6 Å². The molecule has 2 N–H and O–H groups in total. The molecule has 0 aliphatic rings. The van der Waals surface area contributed by atoms with Crippen LogP contribution in [0.15, 0.2) is 42.5 Å². The zero-order chi connectivity index (χ0) is 25.3. The standard InChI is InChI=1S/C24H22Cl3FN6S/c1-13-10-22(32-33(13)11-16-18(25)6-4-7-19(16)26)29-24(35)30-23-14(2)31-34(15(23)3)12-17-20(27)8-5-9-21(17)28/h4-10H,11-12H2,1-3H3,(H2,29,30,32,35). The molecule has 0 spiro atoms. The molecule has 4 aromatic rings. The predicted molar refractivity (Wildman–Crippen MR) is 145 cm³/mol. The molecule has 182 valence electrons. The third kappa shape index (κ3) is 5.62. The van der Waals surface area contributed by atoms with Gasteiger partial charge in [-0.2, -0.15) is 10.2 Å². The van der Waals surface area contributed by atoms with Gasteiger partial charge in [-0.3, -0.25) is 9.36 Å². The minimum absolute atomic E-state index is 0.203. The smallest absolute Gasteiger partial charge is 0.176 e. The molecule has 0 radical (unpaired) electrons. The molecule has 0 amide bonds. The van der Waals surface area contributed by atoms with E-state index in [2.05, 4.69) is 20.8 Å². The highest BCUT2D eigenvalue weighted by molar-refractivity contribution is 7.80. The van der Waals surface area contributed by atoms with Gasteiger partial charge in [-0.15, -0.1) is 0 Å². The van der Waals surface area contributed by atoms with E-state index < -0.39 is 0 Å². The minimum atomic E-state index is -0.374. The van der Waals surface area contributed by atoms with Crippen molar-refractivity contribution in [1.29, 1.82) is 0 Å². The molecule has 0 saturated heterocycles. The van der Waals surface area contributed by atoms with Crippen LogP contribution in [0.4, 0.5) is 15.9 Å². The topological polar surface area (TPSA) is 59.7 Å². The second-order valence-corrected chi connectivity index (χ2v) is 9.64. The van der Waals surface area contributed by atoms with Crippen LogP contribution in [-0.2, 0) is 13.1 Å². The first kappa shape index (κ1) is 25.4. The lowest BCUT2D eigenvalue weighted by molar-refractivity contribution is 0.579. The van der Waals surface area contributed by atoms with Crippen LogP contribution in [-0.4, -0.2) is 24.7 Å². The van der Waals surface area contributed by atoms with Gasteiger partial charge in [-0.25, -0.2) is 4.39 Å². The summed E-state index contributed by atoms with van der Waals surface area (Å²) >= 11 is 24.3. The summed E-state index contributed by atoms with van der Waals surface area (Å²) in [6.45, 7) is 6.30. The maximum Gasteiger partial charge on any atom is 0.176 e. The minimum Gasteiger partial charge on any atom is -0.329 e. The van der Waals surface area contributed by atoms with Crippen LogP contribution in [0.5, 0.6) is 0 Å². The fourth-order valence-electron chi connectivity index (χ4n) is 3.69. The zero-order valence-corrected chi connectivity index (χ0v) is 22.2. The van der Waals surface area contributed by atoms with Gasteiger partial charge in [0.15, 0.2) is 10.9 Å². The maximum absolute atomic E-state index is 14.2. The van der Waals surface area contributed by atoms with Gasteiger partial charge in [0.05, 0.1) is 30.2 Å². The number of hydrogen-bond donors (Lipinski definition) is 2. The van der Waals surface area contributed by atoms with E-state index in [1.165, 1.54) is 6.07 Å². The lowest BCUT2D eigenvalue weighted by Crippen LogP contribution is -2.20. The van der Waals surface area contributed by atoms with Crippen LogP contribution in [0, 0.1) is 26.6 Å². The summed E-state index contributed by atoms with van der Waals surface area (Å²) in [5.74, 6) is 0.199. The highest BCUT2D eigenvalue weighted by Gasteiger charge is 2.17. The SMILES string of the molecule is Cc1nn(Cc2c(F)cccc2Cl)c(C)c1NC(=S)Nc1cc(C)n(Cc2c(Cl)cccc2Cl)n1. The Labute approximate surface area is 223 Å². The lowest BCUT2D eigenvalue weighted by atomic mass is 10.2. The number of nitrogens with one attached hydrogen (secondary N) is 2. The number of nitrogens with zero attached hydrogens (tertiary/aromatic N) is 4. The van der Waals surface area contributed by atoms with Crippen LogP contribution >= 0.6 is 47.0 Å². The number of benzene rings is 2. The normalized spacial score (nSPS) is 11.1. The second-order valence-electron chi connectivity index (χ2n) is 8.01. The van der Waals surface area contributed by atoms with E-state index in [4.69, 9.17) is 47.0 Å². The molecule has 2 aromatic carbocycles. The molecule has 0 saturated carbocycles. The van der Waals surface area contributed by atoms with Gasteiger partial charge < -0.3 is 10.6 Å². The molecule has 0 atom stereocenters. The molecule has 0 aliphatic carbocycles. The Bertz CT molecular complexity index is 1370. The Morgan fingerprint density at radius 3 is 2.14 bits per heavy atom. The number of aromatic nitrogens is 4. The summed E-state index contributed by atoms with van der Waals surface area (Å²) in [4.78, 5) is 0. The average Bonchev–Trinajstić information content (AvgIpc) is 3.26. The quantitative estimate of drug-likeness (QED) is 0.252. The van der Waals surface area contributed by atoms with Crippen LogP contribution in [0.2, 0.25) is 15.1 Å². The zero-order valence-electron chi connectivity index (χ0n) is 19.2. The number of thiocarbonyl (C=S) groups is 1. The van der Waals surface area contributed by atoms with Crippen molar-refractivity contribution in [2.24, 2.45) is 0 Å². The Morgan fingerprint density at radius 1 is 0.886 bits per heavy atom. The largest absolute Gasteiger partial charge is 0.329 e. The molecule has 0 fully saturated rings. The molecule has 35 heavy (non-hydrogen) atoms. The fourth-order valence-corrected chi connectivity index (χ4v) is 4.64. The fraction of sp³-hybridized carbons (Fsp3) is 0.208. The van der Waals surface area contributed by atoms with Gasteiger partial charge in [0, 0.05) is 38.0 Å². The Balaban J connectivity index is 1.47. The highest BCUT2D eigenvalue weighted by atomic mass is 35.5. The first-order valence-electron chi connectivity index (χ1n) is 10.7. The van der Waals surface area contributed by atoms with Crippen molar-refractivity contribution in [2.75, 3.05) is 10.6 Å². The maximum atomic E-state index is 14.2. The van der Waals surface area contributed by atoms with Crippen molar-refractivity contribution >= 4 is 63.6 Å². The Morgan fingerprint density at radius 2 is 1.49 bits per heavy atom. The van der Waals surface area contributed by atoms with E-state index in [0.717, 1.165) is 22.6 Å². The third-order valence-corrected chi connectivity index (χ3v) is 6.85. The lowest BCUT2D eigenvalue weighted by Gasteiger charge is -2.11. The third-order valence-electron chi connectivity index (χ3n) is 5.58. The molecular formula is C24H22Cl3FN6S. The van der Waals surface area contributed by atoms with Gasteiger partial charge in [-0.05, 0) is 57.3 Å². The molecule has 2 aromatic heterocycles. The van der Waals surface area contributed by atoms with Crippen molar-refractivity contribution in [3.63, 3.8) is 0 Å². The molecule has 4 rings (SSSR count). The molecule has 2 heterocycles. The molecule has 0 unspecified atom stereocenters.